The lowest BCUT2D eigenvalue weighted by molar-refractivity contribution is -0.134. The van der Waals surface area contributed by atoms with Crippen LogP contribution in [-0.2, 0) is 17.9 Å². The Balaban J connectivity index is 1.39. The molecule has 1 fully saturated rings. The van der Waals surface area contributed by atoms with Gasteiger partial charge in [0.1, 0.15) is 5.54 Å². The molecule has 8 heteroatoms. The Morgan fingerprint density at radius 3 is 2.76 bits per heavy atom. The maximum Gasteiger partial charge on any atom is 0.291 e. The largest absolute Gasteiger partial charge is 0.454 e. The van der Waals surface area contributed by atoms with E-state index in [4.69, 9.17) is 9.47 Å². The number of fused-ring (bicyclic) bond motifs is 4. The molecule has 1 N–H and O–H groups in total. The summed E-state index contributed by atoms with van der Waals surface area (Å²) in [6.45, 7) is 2.67. The van der Waals surface area contributed by atoms with Crippen LogP contribution in [0.4, 0.5) is 0 Å². The van der Waals surface area contributed by atoms with Crippen LogP contribution >= 0.6 is 0 Å². The molecule has 8 nitrogen and oxygen atoms in total. The number of carbonyl (C=O) groups excluding carboxylic acids is 2. The van der Waals surface area contributed by atoms with Gasteiger partial charge in [0.25, 0.3) is 5.91 Å². The normalized spacial score (nSPS) is 22.1. The number of nitrogens with one attached hydrogen (secondary N) is 1. The fourth-order valence-corrected chi connectivity index (χ4v) is 5.39. The molecule has 2 aliphatic heterocycles. The fourth-order valence-electron chi connectivity index (χ4n) is 5.39. The van der Waals surface area contributed by atoms with Gasteiger partial charge in [-0.3, -0.25) is 9.59 Å². The molecule has 176 valence electrons. The molecule has 0 bridgehead atoms. The van der Waals surface area contributed by atoms with Crippen molar-refractivity contribution in [1.82, 2.24) is 19.8 Å². The number of imidazole rings is 1. The molecule has 3 heterocycles. The van der Waals surface area contributed by atoms with Crippen molar-refractivity contribution in [3.63, 3.8) is 0 Å². The zero-order valence-corrected chi connectivity index (χ0v) is 19.3. The first-order valence-corrected chi connectivity index (χ1v) is 12.0. The second-order valence-corrected chi connectivity index (χ2v) is 9.67. The van der Waals surface area contributed by atoms with Crippen LogP contribution in [0.25, 0.3) is 11.0 Å². The monoisotopic (exact) mass is 460 g/mol. The second kappa shape index (κ2) is 8.04. The van der Waals surface area contributed by atoms with Crippen molar-refractivity contribution >= 4 is 22.8 Å². The SMILES string of the molecule is C[C@]1(C(=O)NC2CCCCC2)Cn2c(nc3ccccc32)C(=O)N1Cc1ccc2c(c1)OCO2. The number of nitrogens with zero attached hydrogens (tertiary/aromatic N) is 3. The smallest absolute Gasteiger partial charge is 0.291 e. The van der Waals surface area contributed by atoms with Gasteiger partial charge < -0.3 is 24.3 Å². The molecule has 1 atom stereocenters. The molecule has 2 aromatic carbocycles. The number of hydrogen-bond donors (Lipinski definition) is 1. The number of carbonyl (C=O) groups is 2. The fraction of sp³-hybridized carbons (Fsp3) is 0.423. The Kier molecular flexibility index (Phi) is 4.97. The highest BCUT2D eigenvalue weighted by Crippen LogP contribution is 2.36. The maximum atomic E-state index is 13.8. The van der Waals surface area contributed by atoms with E-state index in [9.17, 15) is 9.59 Å². The predicted molar refractivity (Wildman–Crippen MR) is 126 cm³/mol. The van der Waals surface area contributed by atoms with E-state index in [-0.39, 0.29) is 31.2 Å². The summed E-state index contributed by atoms with van der Waals surface area (Å²) in [5, 5.41) is 3.27. The van der Waals surface area contributed by atoms with Crippen molar-refractivity contribution in [2.24, 2.45) is 0 Å². The Hall–Kier alpha value is -3.55. The Morgan fingerprint density at radius 1 is 1.12 bits per heavy atom. The van der Waals surface area contributed by atoms with Crippen LogP contribution in [0.2, 0.25) is 0 Å². The summed E-state index contributed by atoms with van der Waals surface area (Å²) in [6, 6.07) is 13.5. The van der Waals surface area contributed by atoms with E-state index in [0.29, 0.717) is 23.9 Å². The van der Waals surface area contributed by atoms with Crippen molar-refractivity contribution in [2.75, 3.05) is 6.79 Å². The highest BCUT2D eigenvalue weighted by atomic mass is 16.7. The van der Waals surface area contributed by atoms with Crippen LogP contribution in [-0.4, -0.2) is 44.6 Å². The van der Waals surface area contributed by atoms with E-state index in [1.807, 2.05) is 54.0 Å². The van der Waals surface area contributed by atoms with Crippen molar-refractivity contribution in [2.45, 2.75) is 63.7 Å². The molecule has 34 heavy (non-hydrogen) atoms. The van der Waals surface area contributed by atoms with Gasteiger partial charge >= 0.3 is 0 Å². The topological polar surface area (TPSA) is 85.7 Å². The van der Waals surface area contributed by atoms with E-state index in [0.717, 1.165) is 42.3 Å². The summed E-state index contributed by atoms with van der Waals surface area (Å²) in [5.41, 5.74) is 1.43. The standard InChI is InChI=1S/C26H28N4O4/c1-26(25(32)27-18-7-3-2-4-8-18)15-29-20-10-6-5-9-19(20)28-23(29)24(31)30(26)14-17-11-12-21-22(13-17)34-16-33-21/h5-6,9-13,18H,2-4,7-8,14-16H2,1H3,(H,27,32)/t26-/m1/s1. The van der Waals surface area contributed by atoms with Gasteiger partial charge in [0, 0.05) is 12.6 Å². The van der Waals surface area contributed by atoms with Crippen molar-refractivity contribution < 1.29 is 19.1 Å². The van der Waals surface area contributed by atoms with Gasteiger partial charge in [0.15, 0.2) is 17.3 Å². The van der Waals surface area contributed by atoms with Crippen LogP contribution < -0.4 is 14.8 Å². The Morgan fingerprint density at radius 2 is 1.91 bits per heavy atom. The molecule has 2 amide bonds. The summed E-state index contributed by atoms with van der Waals surface area (Å²) >= 11 is 0. The number of amides is 2. The molecular weight excluding hydrogens is 432 g/mol. The van der Waals surface area contributed by atoms with Crippen molar-refractivity contribution in [1.29, 1.82) is 0 Å². The van der Waals surface area contributed by atoms with E-state index >= 15 is 0 Å². The van der Waals surface area contributed by atoms with Gasteiger partial charge in [-0.25, -0.2) is 4.98 Å². The average Bonchev–Trinajstić information content (AvgIpc) is 3.47. The highest BCUT2D eigenvalue weighted by molar-refractivity contribution is 6.01. The third kappa shape index (κ3) is 3.40. The van der Waals surface area contributed by atoms with Crippen molar-refractivity contribution in [3.8, 4) is 11.5 Å². The molecule has 0 unspecified atom stereocenters. The molecule has 0 radical (unpaired) electrons. The van der Waals surface area contributed by atoms with Crippen molar-refractivity contribution in [3.05, 3.63) is 53.9 Å². The zero-order valence-electron chi connectivity index (χ0n) is 19.3. The number of benzene rings is 2. The third-order valence-corrected chi connectivity index (χ3v) is 7.36. The third-order valence-electron chi connectivity index (χ3n) is 7.36. The number of hydrogen-bond acceptors (Lipinski definition) is 5. The van der Waals surface area contributed by atoms with Gasteiger partial charge in [-0.05, 0) is 49.6 Å². The van der Waals surface area contributed by atoms with Gasteiger partial charge in [-0.15, -0.1) is 0 Å². The molecule has 1 saturated carbocycles. The van der Waals surface area contributed by atoms with Crippen LogP contribution in [0.3, 0.4) is 0 Å². The van der Waals surface area contributed by atoms with Gasteiger partial charge in [-0.2, -0.15) is 0 Å². The van der Waals surface area contributed by atoms with E-state index < -0.39 is 5.54 Å². The number of aromatic nitrogens is 2. The lowest BCUT2D eigenvalue weighted by atomic mass is 9.91. The average molecular weight is 461 g/mol. The lowest BCUT2D eigenvalue weighted by Crippen LogP contribution is -2.64. The minimum atomic E-state index is -1.07. The van der Waals surface area contributed by atoms with Crippen LogP contribution in [0.1, 0.15) is 55.2 Å². The molecule has 0 saturated heterocycles. The molecular formula is C26H28N4O4. The Labute approximate surface area is 197 Å². The highest BCUT2D eigenvalue weighted by Gasteiger charge is 2.49. The summed E-state index contributed by atoms with van der Waals surface area (Å²) in [6.07, 6.45) is 5.42. The number of ether oxygens (including phenoxy) is 2. The van der Waals surface area contributed by atoms with Gasteiger partial charge in [0.05, 0.1) is 17.6 Å². The van der Waals surface area contributed by atoms with E-state index in [1.165, 1.54) is 6.42 Å². The van der Waals surface area contributed by atoms with Crippen LogP contribution in [0.15, 0.2) is 42.5 Å². The number of rotatable bonds is 4. The minimum Gasteiger partial charge on any atom is -0.454 e. The summed E-state index contributed by atoms with van der Waals surface area (Å²) in [7, 11) is 0. The molecule has 6 rings (SSSR count). The molecule has 3 aliphatic rings. The van der Waals surface area contributed by atoms with E-state index in [1.54, 1.807) is 4.90 Å². The minimum absolute atomic E-state index is 0.114. The van der Waals surface area contributed by atoms with Gasteiger partial charge in [0.2, 0.25) is 12.7 Å². The summed E-state index contributed by atoms with van der Waals surface area (Å²) < 4.78 is 12.9. The molecule has 1 aromatic heterocycles. The Bertz CT molecular complexity index is 1280. The molecule has 1 aliphatic carbocycles. The summed E-state index contributed by atoms with van der Waals surface area (Å²) in [4.78, 5) is 33.9. The van der Waals surface area contributed by atoms with Gasteiger partial charge in [-0.1, -0.05) is 37.5 Å². The predicted octanol–water partition coefficient (Wildman–Crippen LogP) is 3.63. The first-order chi connectivity index (χ1) is 16.5. The van der Waals surface area contributed by atoms with Crippen LogP contribution in [0.5, 0.6) is 11.5 Å². The summed E-state index contributed by atoms with van der Waals surface area (Å²) in [5.74, 6) is 1.35. The lowest BCUT2D eigenvalue weighted by Gasteiger charge is -2.44. The quantitative estimate of drug-likeness (QED) is 0.643. The molecule has 3 aromatic rings. The van der Waals surface area contributed by atoms with E-state index in [2.05, 4.69) is 10.3 Å². The van der Waals surface area contributed by atoms with Crippen LogP contribution in [0, 0.1) is 0 Å². The molecule has 0 spiro atoms. The number of para-hydroxylation sites is 2. The maximum absolute atomic E-state index is 13.8. The first kappa shape index (κ1) is 21.0. The second-order valence-electron chi connectivity index (χ2n) is 9.67. The first-order valence-electron chi connectivity index (χ1n) is 12.0. The zero-order chi connectivity index (χ0) is 23.3.